The van der Waals surface area contributed by atoms with Crippen LogP contribution in [0.25, 0.3) is 0 Å². The lowest BCUT2D eigenvalue weighted by Gasteiger charge is -2.32. The van der Waals surface area contributed by atoms with Crippen LogP contribution in [0.15, 0.2) is 29.3 Å². The maximum absolute atomic E-state index is 12.5. The second-order valence-electron chi connectivity index (χ2n) is 7.61. The Bertz CT molecular complexity index is 662. The Kier molecular flexibility index (Phi) is 9.55. The van der Waals surface area contributed by atoms with E-state index in [1.165, 1.54) is 4.90 Å². The summed E-state index contributed by atoms with van der Waals surface area (Å²) in [5.41, 5.74) is 0. The summed E-state index contributed by atoms with van der Waals surface area (Å²) in [4.78, 5) is 5.71. The maximum Gasteiger partial charge on any atom is 0.401 e. The molecule has 6 nitrogen and oxygen atoms in total. The van der Waals surface area contributed by atoms with Gasteiger partial charge in [-0.25, -0.2) is 0 Å². The van der Waals surface area contributed by atoms with Crippen molar-refractivity contribution in [3.63, 3.8) is 0 Å². The van der Waals surface area contributed by atoms with E-state index in [0.717, 1.165) is 37.3 Å². The highest BCUT2D eigenvalue weighted by Crippen LogP contribution is 2.24. The zero-order chi connectivity index (χ0) is 22.0. The third-order valence-electron chi connectivity index (χ3n) is 5.11. The van der Waals surface area contributed by atoms with Gasteiger partial charge in [-0.3, -0.25) is 9.89 Å². The molecule has 1 aromatic rings. The SMILES string of the molecule is CN=C(NCCC1CCN(CC(F)(F)F)CC1)NCC(C)Oc1cccc(OC)c1. The largest absolute Gasteiger partial charge is 0.497 e. The van der Waals surface area contributed by atoms with Crippen molar-refractivity contribution in [2.45, 2.75) is 38.5 Å². The fraction of sp³-hybridized carbons (Fsp3) is 0.667. The molecule has 1 saturated heterocycles. The fourth-order valence-corrected chi connectivity index (χ4v) is 3.49. The van der Waals surface area contributed by atoms with Crippen molar-refractivity contribution in [3.8, 4) is 11.5 Å². The van der Waals surface area contributed by atoms with Crippen LogP contribution >= 0.6 is 0 Å². The summed E-state index contributed by atoms with van der Waals surface area (Å²) in [7, 11) is 3.32. The topological polar surface area (TPSA) is 58.1 Å². The molecular weight excluding hydrogens is 397 g/mol. The number of piperidine rings is 1. The minimum Gasteiger partial charge on any atom is -0.497 e. The van der Waals surface area contributed by atoms with Crippen molar-refractivity contribution >= 4 is 5.96 Å². The van der Waals surface area contributed by atoms with Gasteiger partial charge in [-0.1, -0.05) is 6.07 Å². The molecule has 1 fully saturated rings. The molecule has 1 aliphatic heterocycles. The van der Waals surface area contributed by atoms with Crippen LogP contribution < -0.4 is 20.1 Å². The molecular formula is C21H33F3N4O2. The Morgan fingerprint density at radius 3 is 2.57 bits per heavy atom. The number of hydrogen-bond donors (Lipinski definition) is 2. The summed E-state index contributed by atoms with van der Waals surface area (Å²) in [6.07, 6.45) is -1.67. The number of alkyl halides is 3. The standard InChI is InChI=1S/C21H33F3N4O2/c1-16(30-19-6-4-5-18(13-19)29-3)14-27-20(25-2)26-10-7-17-8-11-28(12-9-17)15-21(22,23)24/h4-6,13,16-17H,7-12,14-15H2,1-3H3,(H2,25,26,27). The molecule has 1 atom stereocenters. The smallest absolute Gasteiger partial charge is 0.401 e. The molecule has 2 N–H and O–H groups in total. The van der Waals surface area contributed by atoms with Crippen LogP contribution in [-0.4, -0.2) is 70.0 Å². The highest BCUT2D eigenvalue weighted by atomic mass is 19.4. The minimum absolute atomic E-state index is 0.0754. The van der Waals surface area contributed by atoms with Gasteiger partial charge in [-0.05, 0) is 57.3 Å². The number of ether oxygens (including phenoxy) is 2. The first-order valence-corrected chi connectivity index (χ1v) is 10.3. The summed E-state index contributed by atoms with van der Waals surface area (Å²) in [5.74, 6) is 2.61. The van der Waals surface area contributed by atoms with E-state index in [1.807, 2.05) is 31.2 Å². The van der Waals surface area contributed by atoms with Gasteiger partial charge in [0.05, 0.1) is 20.2 Å². The maximum atomic E-state index is 12.5. The summed E-state index contributed by atoms with van der Waals surface area (Å²) in [5, 5.41) is 6.51. The number of halogens is 3. The Morgan fingerprint density at radius 1 is 1.23 bits per heavy atom. The van der Waals surface area contributed by atoms with E-state index in [0.29, 0.717) is 31.5 Å². The lowest BCUT2D eigenvalue weighted by Crippen LogP contribution is -2.43. The highest BCUT2D eigenvalue weighted by molar-refractivity contribution is 5.79. The van der Waals surface area contributed by atoms with E-state index in [1.54, 1.807) is 14.2 Å². The number of methoxy groups -OCH3 is 1. The summed E-state index contributed by atoms with van der Waals surface area (Å²) >= 11 is 0. The number of aliphatic imine (C=N–C) groups is 1. The lowest BCUT2D eigenvalue weighted by atomic mass is 9.93. The number of guanidine groups is 1. The number of likely N-dealkylation sites (tertiary alicyclic amines) is 1. The monoisotopic (exact) mass is 430 g/mol. The predicted molar refractivity (Wildman–Crippen MR) is 112 cm³/mol. The molecule has 0 bridgehead atoms. The van der Waals surface area contributed by atoms with Crippen LogP contribution in [-0.2, 0) is 0 Å². The molecule has 30 heavy (non-hydrogen) atoms. The first-order valence-electron chi connectivity index (χ1n) is 10.3. The van der Waals surface area contributed by atoms with Gasteiger partial charge in [0.25, 0.3) is 0 Å². The molecule has 9 heteroatoms. The highest BCUT2D eigenvalue weighted by Gasteiger charge is 2.32. The van der Waals surface area contributed by atoms with Crippen molar-refractivity contribution in [3.05, 3.63) is 24.3 Å². The van der Waals surface area contributed by atoms with Crippen LogP contribution in [0.1, 0.15) is 26.2 Å². The van der Waals surface area contributed by atoms with E-state index in [2.05, 4.69) is 15.6 Å². The van der Waals surface area contributed by atoms with Gasteiger partial charge < -0.3 is 20.1 Å². The van der Waals surface area contributed by atoms with Gasteiger partial charge in [0.1, 0.15) is 17.6 Å². The Balaban J connectivity index is 1.63. The molecule has 1 aliphatic rings. The number of benzene rings is 1. The Labute approximate surface area is 176 Å². The number of rotatable bonds is 9. The quantitative estimate of drug-likeness (QED) is 0.465. The van der Waals surface area contributed by atoms with Crippen molar-refractivity contribution in [2.75, 3.05) is 46.9 Å². The molecule has 0 spiro atoms. The van der Waals surface area contributed by atoms with Gasteiger partial charge in [-0.15, -0.1) is 0 Å². The van der Waals surface area contributed by atoms with E-state index in [-0.39, 0.29) is 6.10 Å². The van der Waals surface area contributed by atoms with Crippen LogP contribution in [0.2, 0.25) is 0 Å². The average molecular weight is 431 g/mol. The molecule has 170 valence electrons. The van der Waals surface area contributed by atoms with Gasteiger partial charge in [-0.2, -0.15) is 13.2 Å². The lowest BCUT2D eigenvalue weighted by molar-refractivity contribution is -0.148. The average Bonchev–Trinajstić information content (AvgIpc) is 2.70. The third-order valence-corrected chi connectivity index (χ3v) is 5.11. The molecule has 1 unspecified atom stereocenters. The second kappa shape index (κ2) is 11.9. The number of nitrogens with zero attached hydrogens (tertiary/aromatic N) is 2. The minimum atomic E-state index is -4.11. The summed E-state index contributed by atoms with van der Waals surface area (Å²) < 4.78 is 48.5. The molecule has 2 rings (SSSR count). The van der Waals surface area contributed by atoms with Crippen molar-refractivity contribution in [1.82, 2.24) is 15.5 Å². The van der Waals surface area contributed by atoms with Gasteiger partial charge in [0.15, 0.2) is 5.96 Å². The first kappa shape index (κ1) is 24.1. The molecule has 0 radical (unpaired) electrons. The van der Waals surface area contributed by atoms with E-state index in [4.69, 9.17) is 9.47 Å². The van der Waals surface area contributed by atoms with E-state index >= 15 is 0 Å². The normalized spacial score (nSPS) is 17.5. The third kappa shape index (κ3) is 9.11. The molecule has 0 saturated carbocycles. The first-order chi connectivity index (χ1) is 14.3. The summed E-state index contributed by atoms with van der Waals surface area (Å²) in [6, 6.07) is 7.46. The number of nitrogens with one attached hydrogen (secondary N) is 2. The zero-order valence-corrected chi connectivity index (χ0v) is 18.0. The van der Waals surface area contributed by atoms with Crippen molar-refractivity contribution in [2.24, 2.45) is 10.9 Å². The predicted octanol–water partition coefficient (Wildman–Crippen LogP) is 3.29. The number of hydrogen-bond acceptors (Lipinski definition) is 4. The van der Waals surface area contributed by atoms with Crippen molar-refractivity contribution < 1.29 is 22.6 Å². The molecule has 0 amide bonds. The Hall–Kier alpha value is -2.16. The molecule has 1 heterocycles. The second-order valence-corrected chi connectivity index (χ2v) is 7.61. The van der Waals surface area contributed by atoms with Crippen molar-refractivity contribution in [1.29, 1.82) is 0 Å². The van der Waals surface area contributed by atoms with E-state index < -0.39 is 12.7 Å². The van der Waals surface area contributed by atoms with Crippen LogP contribution in [0, 0.1) is 5.92 Å². The summed E-state index contributed by atoms with van der Waals surface area (Å²) in [6.45, 7) is 3.49. The van der Waals surface area contributed by atoms with Crippen LogP contribution in [0.3, 0.4) is 0 Å². The Morgan fingerprint density at radius 2 is 1.93 bits per heavy atom. The molecule has 0 aromatic heterocycles. The fourth-order valence-electron chi connectivity index (χ4n) is 3.49. The van der Waals surface area contributed by atoms with Crippen LogP contribution in [0.4, 0.5) is 13.2 Å². The van der Waals surface area contributed by atoms with E-state index in [9.17, 15) is 13.2 Å². The van der Waals surface area contributed by atoms with Gasteiger partial charge in [0.2, 0.25) is 0 Å². The van der Waals surface area contributed by atoms with Gasteiger partial charge in [0, 0.05) is 19.7 Å². The van der Waals surface area contributed by atoms with Crippen LogP contribution in [0.5, 0.6) is 11.5 Å². The van der Waals surface area contributed by atoms with Gasteiger partial charge >= 0.3 is 6.18 Å². The molecule has 1 aromatic carbocycles. The molecule has 0 aliphatic carbocycles. The zero-order valence-electron chi connectivity index (χ0n) is 18.0.